The van der Waals surface area contributed by atoms with Crippen molar-refractivity contribution in [2.45, 2.75) is 38.5 Å². The van der Waals surface area contributed by atoms with Gasteiger partial charge < -0.3 is 15.2 Å². The van der Waals surface area contributed by atoms with E-state index in [9.17, 15) is 5.11 Å². The standard InChI is InChI=1S/C15H23NO2/c1-18-11-14-4-2-3-12(7-14)9-16-10-13-5-6-15(17)8-13/h2-4,7,13,15-17H,5-6,8-11H2,1H3. The summed E-state index contributed by atoms with van der Waals surface area (Å²) in [6, 6.07) is 8.47. The van der Waals surface area contributed by atoms with E-state index in [1.807, 2.05) is 0 Å². The smallest absolute Gasteiger partial charge is 0.0713 e. The monoisotopic (exact) mass is 249 g/mol. The van der Waals surface area contributed by atoms with E-state index in [-0.39, 0.29) is 6.10 Å². The topological polar surface area (TPSA) is 41.5 Å². The Bertz CT molecular complexity index is 367. The van der Waals surface area contributed by atoms with Crippen LogP contribution >= 0.6 is 0 Å². The predicted octanol–water partition coefficient (Wildman–Crippen LogP) is 2.08. The number of hydrogen-bond donors (Lipinski definition) is 2. The number of methoxy groups -OCH3 is 1. The van der Waals surface area contributed by atoms with Gasteiger partial charge in [0.15, 0.2) is 0 Å². The molecule has 2 atom stereocenters. The molecule has 3 heteroatoms. The Balaban J connectivity index is 1.74. The highest BCUT2D eigenvalue weighted by Gasteiger charge is 2.21. The fraction of sp³-hybridized carbons (Fsp3) is 0.600. The zero-order valence-corrected chi connectivity index (χ0v) is 11.1. The number of aliphatic hydroxyl groups is 1. The molecule has 0 bridgehead atoms. The van der Waals surface area contributed by atoms with Gasteiger partial charge in [-0.25, -0.2) is 0 Å². The molecule has 0 saturated heterocycles. The van der Waals surface area contributed by atoms with Gasteiger partial charge in [-0.3, -0.25) is 0 Å². The molecule has 1 aromatic rings. The first-order valence-corrected chi connectivity index (χ1v) is 6.73. The van der Waals surface area contributed by atoms with Crippen molar-refractivity contribution in [2.24, 2.45) is 5.92 Å². The van der Waals surface area contributed by atoms with Crippen molar-refractivity contribution < 1.29 is 9.84 Å². The van der Waals surface area contributed by atoms with Crippen LogP contribution in [-0.4, -0.2) is 24.9 Å². The lowest BCUT2D eigenvalue weighted by molar-refractivity contribution is 0.177. The second-order valence-corrected chi connectivity index (χ2v) is 5.22. The molecule has 1 saturated carbocycles. The highest BCUT2D eigenvalue weighted by molar-refractivity contribution is 5.22. The second kappa shape index (κ2) is 6.88. The van der Waals surface area contributed by atoms with Gasteiger partial charge >= 0.3 is 0 Å². The summed E-state index contributed by atoms with van der Waals surface area (Å²) >= 11 is 0. The molecule has 0 aromatic heterocycles. The fourth-order valence-electron chi connectivity index (χ4n) is 2.65. The van der Waals surface area contributed by atoms with Crippen LogP contribution in [0.5, 0.6) is 0 Å². The zero-order valence-electron chi connectivity index (χ0n) is 11.1. The van der Waals surface area contributed by atoms with Gasteiger partial charge in [0.2, 0.25) is 0 Å². The molecule has 0 spiro atoms. The maximum Gasteiger partial charge on any atom is 0.0713 e. The van der Waals surface area contributed by atoms with Crippen LogP contribution in [0.4, 0.5) is 0 Å². The van der Waals surface area contributed by atoms with E-state index in [4.69, 9.17) is 4.74 Å². The van der Waals surface area contributed by atoms with Gasteiger partial charge in [-0.15, -0.1) is 0 Å². The van der Waals surface area contributed by atoms with Crippen molar-refractivity contribution >= 4 is 0 Å². The van der Waals surface area contributed by atoms with Crippen molar-refractivity contribution in [2.75, 3.05) is 13.7 Å². The van der Waals surface area contributed by atoms with Crippen LogP contribution in [0.15, 0.2) is 24.3 Å². The molecule has 0 heterocycles. The normalized spacial score (nSPS) is 23.4. The quantitative estimate of drug-likeness (QED) is 0.811. The van der Waals surface area contributed by atoms with Crippen molar-refractivity contribution in [3.05, 3.63) is 35.4 Å². The third-order valence-corrected chi connectivity index (χ3v) is 3.58. The molecule has 0 radical (unpaired) electrons. The van der Waals surface area contributed by atoms with Gasteiger partial charge in [0.05, 0.1) is 12.7 Å². The average Bonchev–Trinajstić information content (AvgIpc) is 2.76. The van der Waals surface area contributed by atoms with Gasteiger partial charge in [0.25, 0.3) is 0 Å². The SMILES string of the molecule is COCc1cccc(CNCC2CCC(O)C2)c1. The van der Waals surface area contributed by atoms with Crippen LogP contribution in [0.2, 0.25) is 0 Å². The molecule has 3 nitrogen and oxygen atoms in total. The van der Waals surface area contributed by atoms with E-state index >= 15 is 0 Å². The number of hydrogen-bond acceptors (Lipinski definition) is 3. The largest absolute Gasteiger partial charge is 0.393 e. The van der Waals surface area contributed by atoms with Crippen molar-refractivity contribution in [3.8, 4) is 0 Å². The van der Waals surface area contributed by atoms with Crippen molar-refractivity contribution in [1.82, 2.24) is 5.32 Å². The molecule has 1 aliphatic carbocycles. The first kappa shape index (κ1) is 13.5. The second-order valence-electron chi connectivity index (χ2n) is 5.22. The molecular formula is C15H23NO2. The lowest BCUT2D eigenvalue weighted by Gasteiger charge is -2.11. The first-order valence-electron chi connectivity index (χ1n) is 6.73. The van der Waals surface area contributed by atoms with Crippen molar-refractivity contribution in [3.63, 3.8) is 0 Å². The number of benzene rings is 1. The van der Waals surface area contributed by atoms with E-state index in [2.05, 4.69) is 29.6 Å². The van der Waals surface area contributed by atoms with Crippen LogP contribution in [0.3, 0.4) is 0 Å². The van der Waals surface area contributed by atoms with Gasteiger partial charge in [-0.1, -0.05) is 24.3 Å². The summed E-state index contributed by atoms with van der Waals surface area (Å²) in [5.74, 6) is 0.641. The lowest BCUT2D eigenvalue weighted by atomic mass is 10.1. The van der Waals surface area contributed by atoms with Gasteiger partial charge in [0, 0.05) is 13.7 Å². The van der Waals surface area contributed by atoms with Gasteiger partial charge in [0.1, 0.15) is 0 Å². The van der Waals surface area contributed by atoms with E-state index in [0.29, 0.717) is 12.5 Å². The van der Waals surface area contributed by atoms with E-state index in [1.54, 1.807) is 7.11 Å². The number of aliphatic hydroxyl groups excluding tert-OH is 1. The van der Waals surface area contributed by atoms with Gasteiger partial charge in [-0.05, 0) is 42.9 Å². The Hall–Kier alpha value is -0.900. The summed E-state index contributed by atoms with van der Waals surface area (Å²) in [5, 5.41) is 13.0. The average molecular weight is 249 g/mol. The highest BCUT2D eigenvalue weighted by atomic mass is 16.5. The Labute approximate surface area is 109 Å². The molecule has 2 N–H and O–H groups in total. The predicted molar refractivity (Wildman–Crippen MR) is 72.2 cm³/mol. The van der Waals surface area contributed by atoms with Crippen LogP contribution < -0.4 is 5.32 Å². The molecule has 0 amide bonds. The third kappa shape index (κ3) is 4.09. The summed E-state index contributed by atoms with van der Waals surface area (Å²) in [5.41, 5.74) is 2.51. The minimum absolute atomic E-state index is 0.0677. The molecule has 1 aromatic carbocycles. The Kier molecular flexibility index (Phi) is 5.17. The molecule has 2 rings (SSSR count). The van der Waals surface area contributed by atoms with Crippen LogP contribution in [0, 0.1) is 5.92 Å². The first-order chi connectivity index (χ1) is 8.78. The number of rotatable bonds is 6. The van der Waals surface area contributed by atoms with Crippen LogP contribution in [0.1, 0.15) is 30.4 Å². The summed E-state index contributed by atoms with van der Waals surface area (Å²) in [7, 11) is 1.72. The molecular weight excluding hydrogens is 226 g/mol. The molecule has 2 unspecified atom stereocenters. The van der Waals surface area contributed by atoms with Crippen LogP contribution in [0.25, 0.3) is 0 Å². The lowest BCUT2D eigenvalue weighted by Crippen LogP contribution is -2.21. The minimum Gasteiger partial charge on any atom is -0.393 e. The Morgan fingerprint density at radius 2 is 2.17 bits per heavy atom. The van der Waals surface area contributed by atoms with Crippen LogP contribution in [-0.2, 0) is 17.9 Å². The minimum atomic E-state index is -0.0677. The maximum atomic E-state index is 9.47. The summed E-state index contributed by atoms with van der Waals surface area (Å²) in [6.07, 6.45) is 3.01. The van der Waals surface area contributed by atoms with E-state index < -0.39 is 0 Å². The third-order valence-electron chi connectivity index (χ3n) is 3.58. The fourth-order valence-corrected chi connectivity index (χ4v) is 2.65. The Morgan fingerprint density at radius 1 is 1.33 bits per heavy atom. The molecule has 1 fully saturated rings. The highest BCUT2D eigenvalue weighted by Crippen LogP contribution is 2.24. The van der Waals surface area contributed by atoms with E-state index in [1.165, 1.54) is 11.1 Å². The molecule has 0 aliphatic heterocycles. The van der Waals surface area contributed by atoms with Gasteiger partial charge in [-0.2, -0.15) is 0 Å². The van der Waals surface area contributed by atoms with Crippen molar-refractivity contribution in [1.29, 1.82) is 0 Å². The molecule has 18 heavy (non-hydrogen) atoms. The number of ether oxygens (including phenoxy) is 1. The Morgan fingerprint density at radius 3 is 2.89 bits per heavy atom. The summed E-state index contributed by atoms with van der Waals surface area (Å²) < 4.78 is 5.13. The number of nitrogens with one attached hydrogen (secondary N) is 1. The molecule has 1 aliphatic rings. The summed E-state index contributed by atoms with van der Waals surface area (Å²) in [6.45, 7) is 2.57. The molecule has 100 valence electrons. The summed E-state index contributed by atoms with van der Waals surface area (Å²) in [4.78, 5) is 0. The zero-order chi connectivity index (χ0) is 12.8. The van der Waals surface area contributed by atoms with E-state index in [0.717, 1.165) is 32.4 Å². The maximum absolute atomic E-state index is 9.47.